The third kappa shape index (κ3) is 3.37. The second-order valence-corrected chi connectivity index (χ2v) is 4.88. The first-order valence-electron chi connectivity index (χ1n) is 6.52. The number of nitrogens with zero attached hydrogens (tertiary/aromatic N) is 4. The number of nitrogens with two attached hydrogens (primary N) is 1. The number of hydrogen-bond acceptors (Lipinski definition) is 5. The zero-order valence-electron chi connectivity index (χ0n) is 11.3. The number of halogens is 3. The van der Waals surface area contributed by atoms with Crippen molar-refractivity contribution in [1.29, 1.82) is 0 Å². The van der Waals surface area contributed by atoms with Crippen LogP contribution in [0.2, 0.25) is 0 Å². The summed E-state index contributed by atoms with van der Waals surface area (Å²) in [5.41, 5.74) is 4.66. The van der Waals surface area contributed by atoms with Crippen LogP contribution in [0.3, 0.4) is 0 Å². The number of anilines is 1. The van der Waals surface area contributed by atoms with Gasteiger partial charge in [-0.15, -0.1) is 10.2 Å². The Bertz CT molecular complexity index is 426. The van der Waals surface area contributed by atoms with Gasteiger partial charge in [-0.1, -0.05) is 0 Å². The Balaban J connectivity index is 1.97. The van der Waals surface area contributed by atoms with Crippen molar-refractivity contribution in [2.75, 3.05) is 37.6 Å². The summed E-state index contributed by atoms with van der Waals surface area (Å²) in [7, 11) is 0. The minimum atomic E-state index is -4.44. The first-order chi connectivity index (χ1) is 9.41. The van der Waals surface area contributed by atoms with Gasteiger partial charge in [0.2, 0.25) is 0 Å². The van der Waals surface area contributed by atoms with E-state index in [-0.39, 0.29) is 0 Å². The Labute approximate surface area is 115 Å². The van der Waals surface area contributed by atoms with Gasteiger partial charge in [0.15, 0.2) is 11.5 Å². The number of rotatable bonds is 3. The molecule has 1 aromatic heterocycles. The van der Waals surface area contributed by atoms with Gasteiger partial charge < -0.3 is 10.6 Å². The fourth-order valence-electron chi connectivity index (χ4n) is 2.19. The first kappa shape index (κ1) is 15.0. The summed E-state index contributed by atoms with van der Waals surface area (Å²) in [5, 5.41) is 6.92. The highest BCUT2D eigenvalue weighted by atomic mass is 19.4. The maximum atomic E-state index is 12.4. The Morgan fingerprint density at radius 2 is 1.85 bits per heavy atom. The molecule has 1 fully saturated rings. The number of hydrogen-bond donors (Lipinski definition) is 1. The molecule has 1 aliphatic heterocycles. The van der Waals surface area contributed by atoms with Crippen molar-refractivity contribution >= 4 is 5.82 Å². The molecule has 2 N–H and O–H groups in total. The van der Waals surface area contributed by atoms with E-state index in [1.165, 1.54) is 6.07 Å². The van der Waals surface area contributed by atoms with Crippen molar-refractivity contribution in [1.82, 2.24) is 15.1 Å². The van der Waals surface area contributed by atoms with E-state index in [4.69, 9.17) is 5.73 Å². The van der Waals surface area contributed by atoms with Gasteiger partial charge in [-0.05, 0) is 19.1 Å². The van der Waals surface area contributed by atoms with Crippen LogP contribution in [0.1, 0.15) is 12.6 Å². The van der Waals surface area contributed by atoms with E-state index in [9.17, 15) is 13.2 Å². The van der Waals surface area contributed by atoms with Crippen LogP contribution in [0, 0.1) is 0 Å². The topological polar surface area (TPSA) is 58.3 Å². The van der Waals surface area contributed by atoms with Gasteiger partial charge in [0.25, 0.3) is 0 Å². The summed E-state index contributed by atoms with van der Waals surface area (Å²) in [4.78, 5) is 4.20. The molecule has 1 aliphatic rings. The van der Waals surface area contributed by atoms with Crippen molar-refractivity contribution in [3.8, 4) is 0 Å². The molecule has 1 aromatic rings. The molecule has 0 saturated carbocycles. The smallest absolute Gasteiger partial charge is 0.353 e. The highest BCUT2D eigenvalue weighted by Gasteiger charge is 2.33. The highest BCUT2D eigenvalue weighted by molar-refractivity contribution is 5.38. The standard InChI is InChI=1S/C12H18F3N5/c1-9(8-16)19-4-6-20(7-5-19)11-3-2-10(17-18-11)12(13,14)15/h2-3,9H,4-8,16H2,1H3. The van der Waals surface area contributed by atoms with E-state index in [1.54, 1.807) is 0 Å². The lowest BCUT2D eigenvalue weighted by atomic mass is 10.2. The van der Waals surface area contributed by atoms with Crippen LogP contribution in [0.25, 0.3) is 0 Å². The van der Waals surface area contributed by atoms with Crippen molar-refractivity contribution < 1.29 is 13.2 Å². The average molecular weight is 289 g/mol. The van der Waals surface area contributed by atoms with Crippen molar-refractivity contribution in [3.63, 3.8) is 0 Å². The third-order valence-corrected chi connectivity index (χ3v) is 3.54. The van der Waals surface area contributed by atoms with E-state index in [0.29, 0.717) is 31.5 Å². The third-order valence-electron chi connectivity index (χ3n) is 3.54. The summed E-state index contributed by atoms with van der Waals surface area (Å²) in [6, 6.07) is 2.66. The molecular formula is C12H18F3N5. The maximum Gasteiger partial charge on any atom is 0.435 e. The van der Waals surface area contributed by atoms with Crippen LogP contribution in [-0.2, 0) is 6.18 Å². The number of aromatic nitrogens is 2. The largest absolute Gasteiger partial charge is 0.435 e. The predicted molar refractivity (Wildman–Crippen MR) is 69.3 cm³/mol. The SMILES string of the molecule is CC(CN)N1CCN(c2ccc(C(F)(F)F)nn2)CC1. The maximum absolute atomic E-state index is 12.4. The lowest BCUT2D eigenvalue weighted by Crippen LogP contribution is -2.51. The van der Waals surface area contributed by atoms with E-state index < -0.39 is 11.9 Å². The van der Waals surface area contributed by atoms with Gasteiger partial charge >= 0.3 is 6.18 Å². The summed E-state index contributed by atoms with van der Waals surface area (Å²) in [6.45, 7) is 5.73. The summed E-state index contributed by atoms with van der Waals surface area (Å²) >= 11 is 0. The Kier molecular flexibility index (Phi) is 4.44. The summed E-state index contributed by atoms with van der Waals surface area (Å²) < 4.78 is 37.2. The van der Waals surface area contributed by atoms with Crippen LogP contribution >= 0.6 is 0 Å². The molecular weight excluding hydrogens is 271 g/mol. The Morgan fingerprint density at radius 3 is 2.30 bits per heavy atom. The van der Waals surface area contributed by atoms with Crippen LogP contribution in [0.5, 0.6) is 0 Å². The Hall–Kier alpha value is -1.41. The fraction of sp³-hybridized carbons (Fsp3) is 0.667. The molecule has 1 atom stereocenters. The molecule has 0 aliphatic carbocycles. The van der Waals surface area contributed by atoms with Crippen LogP contribution < -0.4 is 10.6 Å². The quantitative estimate of drug-likeness (QED) is 0.898. The molecule has 5 nitrogen and oxygen atoms in total. The van der Waals surface area contributed by atoms with Gasteiger partial charge in [0, 0.05) is 38.8 Å². The monoisotopic (exact) mass is 289 g/mol. The van der Waals surface area contributed by atoms with Gasteiger partial charge in [0.1, 0.15) is 0 Å². The molecule has 0 aromatic carbocycles. The first-order valence-corrected chi connectivity index (χ1v) is 6.52. The summed E-state index contributed by atoms with van der Waals surface area (Å²) in [5.74, 6) is 0.484. The predicted octanol–water partition coefficient (Wildman–Crippen LogP) is 0.965. The second-order valence-electron chi connectivity index (χ2n) is 4.88. The van der Waals surface area contributed by atoms with Crippen LogP contribution in [0.4, 0.5) is 19.0 Å². The zero-order chi connectivity index (χ0) is 14.8. The van der Waals surface area contributed by atoms with E-state index >= 15 is 0 Å². The normalized spacial score (nSPS) is 19.1. The van der Waals surface area contributed by atoms with Crippen molar-refractivity contribution in [2.45, 2.75) is 19.1 Å². The molecule has 1 saturated heterocycles. The lowest BCUT2D eigenvalue weighted by molar-refractivity contribution is -0.141. The van der Waals surface area contributed by atoms with Crippen LogP contribution in [0.15, 0.2) is 12.1 Å². The van der Waals surface area contributed by atoms with Gasteiger partial charge in [-0.25, -0.2) is 0 Å². The molecule has 0 amide bonds. The molecule has 0 bridgehead atoms. The molecule has 2 rings (SSSR count). The van der Waals surface area contributed by atoms with Crippen molar-refractivity contribution in [2.24, 2.45) is 5.73 Å². The minimum absolute atomic E-state index is 0.316. The van der Waals surface area contributed by atoms with Gasteiger partial charge in [-0.3, -0.25) is 4.90 Å². The number of piperazine rings is 1. The molecule has 0 spiro atoms. The molecule has 2 heterocycles. The van der Waals surface area contributed by atoms with Crippen molar-refractivity contribution in [3.05, 3.63) is 17.8 Å². The molecule has 112 valence electrons. The second kappa shape index (κ2) is 5.92. The molecule has 1 unspecified atom stereocenters. The van der Waals surface area contributed by atoms with E-state index in [0.717, 1.165) is 19.2 Å². The lowest BCUT2D eigenvalue weighted by Gasteiger charge is -2.38. The van der Waals surface area contributed by atoms with E-state index in [2.05, 4.69) is 22.0 Å². The Morgan fingerprint density at radius 1 is 1.20 bits per heavy atom. The highest BCUT2D eigenvalue weighted by Crippen LogP contribution is 2.27. The van der Waals surface area contributed by atoms with E-state index in [1.807, 2.05) is 4.90 Å². The van der Waals surface area contributed by atoms with Crippen LogP contribution in [-0.4, -0.2) is 53.9 Å². The van der Waals surface area contributed by atoms with Gasteiger partial charge in [-0.2, -0.15) is 13.2 Å². The average Bonchev–Trinajstić information content (AvgIpc) is 2.46. The van der Waals surface area contributed by atoms with Gasteiger partial charge in [0.05, 0.1) is 0 Å². The molecule has 20 heavy (non-hydrogen) atoms. The number of alkyl halides is 3. The summed E-state index contributed by atoms with van der Waals surface area (Å²) in [6.07, 6.45) is -4.44. The zero-order valence-corrected chi connectivity index (χ0v) is 11.3. The molecule has 0 radical (unpaired) electrons. The minimum Gasteiger partial charge on any atom is -0.353 e. The molecule has 8 heteroatoms. The fourth-order valence-corrected chi connectivity index (χ4v) is 2.19.